The van der Waals surface area contributed by atoms with E-state index in [2.05, 4.69) is 20.9 Å². The molecule has 4 amide bonds. The van der Waals surface area contributed by atoms with Crippen molar-refractivity contribution in [1.29, 1.82) is 0 Å². The lowest BCUT2D eigenvalue weighted by molar-refractivity contribution is -0.142. The van der Waals surface area contributed by atoms with Crippen molar-refractivity contribution in [1.82, 2.24) is 25.8 Å². The van der Waals surface area contributed by atoms with Crippen LogP contribution in [0.25, 0.3) is 0 Å². The van der Waals surface area contributed by atoms with E-state index < -0.39 is 41.6 Å². The fourth-order valence-electron chi connectivity index (χ4n) is 8.02. The number of hydrogen-bond acceptors (Lipinski definition) is 7. The summed E-state index contributed by atoms with van der Waals surface area (Å²) in [5, 5.41) is 8.95. The smallest absolute Gasteiger partial charge is 0.246 e. The average Bonchev–Trinajstić information content (AvgIpc) is 3.87. The Morgan fingerprint density at radius 1 is 0.855 bits per heavy atom. The number of ketones is 1. The van der Waals surface area contributed by atoms with Gasteiger partial charge in [0.1, 0.15) is 23.7 Å². The van der Waals surface area contributed by atoms with Crippen molar-refractivity contribution < 1.29 is 28.7 Å². The Labute approximate surface area is 327 Å². The van der Waals surface area contributed by atoms with E-state index in [0.717, 1.165) is 50.0 Å². The highest BCUT2D eigenvalue weighted by atomic mass is 16.6. The van der Waals surface area contributed by atoms with Gasteiger partial charge in [-0.2, -0.15) is 0 Å². The molecule has 11 heteroatoms. The molecule has 0 bridgehead atoms. The van der Waals surface area contributed by atoms with Crippen LogP contribution in [0, 0.1) is 5.92 Å². The second-order valence-electron chi connectivity index (χ2n) is 16.5. The van der Waals surface area contributed by atoms with Crippen molar-refractivity contribution in [3.63, 3.8) is 0 Å². The molecule has 2 aromatic rings. The summed E-state index contributed by atoms with van der Waals surface area (Å²) in [4.78, 5) is 73.1. The third-order valence-electron chi connectivity index (χ3n) is 11.3. The minimum atomic E-state index is -0.911. The van der Waals surface area contributed by atoms with E-state index in [9.17, 15) is 24.0 Å². The van der Waals surface area contributed by atoms with E-state index in [-0.39, 0.29) is 36.0 Å². The molecule has 0 aliphatic carbocycles. The fourth-order valence-corrected chi connectivity index (χ4v) is 8.02. The third-order valence-corrected chi connectivity index (χ3v) is 11.3. The van der Waals surface area contributed by atoms with Crippen molar-refractivity contribution in [2.24, 2.45) is 5.92 Å². The van der Waals surface area contributed by atoms with Crippen molar-refractivity contribution in [2.75, 3.05) is 26.2 Å². The number of Topliss-reactive ketones (excluding diaryl/α,β-unsaturated/α-hetero) is 1. The largest absolute Gasteiger partial charge is 0.361 e. The molecule has 2 aromatic carbocycles. The monoisotopic (exact) mass is 757 g/mol. The van der Waals surface area contributed by atoms with E-state index in [1.807, 2.05) is 81.4 Å². The first kappa shape index (κ1) is 42.1. The molecule has 0 spiro atoms. The molecule has 3 fully saturated rings. The van der Waals surface area contributed by atoms with Crippen LogP contribution in [0.2, 0.25) is 0 Å². The normalized spacial score (nSPS) is 22.9. The first-order chi connectivity index (χ1) is 26.4. The van der Waals surface area contributed by atoms with Gasteiger partial charge >= 0.3 is 0 Å². The standard InChI is InChI=1S/C44H63N5O6/c1-31(2)27-36(40(51)44(4)30-55-44)46-42(53)38(29-34-19-11-6-12-20-34)49-32(3)28-37(43(49)54)47-41(52)35(23-22-33-17-9-5-10-18-33)45-39(50)21-13-7-14-24-48-25-15-8-16-26-48/h5-6,9-12,17-20,31-32,35-38H,7-8,13-16,21-30H2,1-4H3,(H,45,50)(H,46,53)(H,47,52)/t32?,35-,36?,37?,38-,44?/m0/s1. The van der Waals surface area contributed by atoms with Gasteiger partial charge in [-0.25, -0.2) is 0 Å². The summed E-state index contributed by atoms with van der Waals surface area (Å²) in [6, 6.07) is 15.6. The average molecular weight is 758 g/mol. The number of epoxide rings is 1. The number of aryl methyl sites for hydroxylation is 1. The molecule has 300 valence electrons. The van der Waals surface area contributed by atoms with Gasteiger partial charge in [0.05, 0.1) is 12.6 Å². The van der Waals surface area contributed by atoms with Gasteiger partial charge < -0.3 is 30.5 Å². The lowest BCUT2D eigenvalue weighted by Crippen LogP contribution is -2.57. The van der Waals surface area contributed by atoms with Crippen LogP contribution in [-0.2, 0) is 41.6 Å². The Morgan fingerprint density at radius 3 is 2.15 bits per heavy atom. The van der Waals surface area contributed by atoms with E-state index in [1.54, 1.807) is 11.8 Å². The summed E-state index contributed by atoms with van der Waals surface area (Å²) >= 11 is 0. The molecule has 0 radical (unpaired) electrons. The zero-order chi connectivity index (χ0) is 39.4. The molecule has 5 rings (SSSR count). The highest BCUT2D eigenvalue weighted by Gasteiger charge is 2.51. The van der Waals surface area contributed by atoms with Crippen LogP contribution in [-0.4, -0.2) is 101 Å². The number of rotatable bonds is 21. The second-order valence-corrected chi connectivity index (χ2v) is 16.5. The van der Waals surface area contributed by atoms with Gasteiger partial charge in [0.2, 0.25) is 23.6 Å². The molecule has 3 saturated heterocycles. The Morgan fingerprint density at radius 2 is 1.51 bits per heavy atom. The maximum atomic E-state index is 14.2. The van der Waals surface area contributed by atoms with Crippen molar-refractivity contribution in [3.05, 3.63) is 71.8 Å². The van der Waals surface area contributed by atoms with Crippen LogP contribution in [0.15, 0.2) is 60.7 Å². The minimum Gasteiger partial charge on any atom is -0.361 e. The van der Waals surface area contributed by atoms with Gasteiger partial charge in [-0.05, 0) is 102 Å². The third kappa shape index (κ3) is 12.5. The number of amides is 4. The van der Waals surface area contributed by atoms with Crippen molar-refractivity contribution in [2.45, 2.75) is 141 Å². The minimum absolute atomic E-state index is 0.135. The van der Waals surface area contributed by atoms with Crippen LogP contribution in [0.3, 0.4) is 0 Å². The highest BCUT2D eigenvalue weighted by molar-refractivity contribution is 5.99. The van der Waals surface area contributed by atoms with Gasteiger partial charge in [0, 0.05) is 18.9 Å². The molecule has 3 aliphatic rings. The molecule has 55 heavy (non-hydrogen) atoms. The molecule has 3 aliphatic heterocycles. The van der Waals surface area contributed by atoms with Gasteiger partial charge in [-0.15, -0.1) is 0 Å². The number of nitrogens with one attached hydrogen (secondary N) is 3. The number of ether oxygens (including phenoxy) is 1. The lowest BCUT2D eigenvalue weighted by Gasteiger charge is -2.33. The van der Waals surface area contributed by atoms with Crippen molar-refractivity contribution >= 4 is 29.4 Å². The second kappa shape index (κ2) is 20.2. The molecule has 0 aromatic heterocycles. The predicted octanol–water partition coefficient (Wildman–Crippen LogP) is 4.76. The number of carbonyl (C=O) groups is 5. The number of hydrogen-bond donors (Lipinski definition) is 3. The Balaban J connectivity index is 1.25. The Hall–Kier alpha value is -4.09. The lowest BCUT2D eigenvalue weighted by atomic mass is 9.92. The van der Waals surface area contributed by atoms with Gasteiger partial charge in [0.25, 0.3) is 0 Å². The zero-order valence-electron chi connectivity index (χ0n) is 33.4. The van der Waals surface area contributed by atoms with E-state index in [4.69, 9.17) is 4.74 Å². The fraction of sp³-hybridized carbons (Fsp3) is 0.614. The molecular formula is C44H63N5O6. The van der Waals surface area contributed by atoms with Crippen LogP contribution in [0.4, 0.5) is 0 Å². The highest BCUT2D eigenvalue weighted by Crippen LogP contribution is 2.30. The molecule has 3 heterocycles. The number of likely N-dealkylation sites (tertiary alicyclic amines) is 2. The van der Waals surface area contributed by atoms with Gasteiger partial charge in [-0.3, -0.25) is 24.0 Å². The molecule has 4 unspecified atom stereocenters. The molecular weight excluding hydrogens is 695 g/mol. The molecule has 3 N–H and O–H groups in total. The first-order valence-corrected chi connectivity index (χ1v) is 20.6. The summed E-state index contributed by atoms with van der Waals surface area (Å²) in [5.74, 6) is -1.39. The quantitative estimate of drug-likeness (QED) is 0.123. The number of piperidine rings is 1. The summed E-state index contributed by atoms with van der Waals surface area (Å²) in [5.41, 5.74) is 1.01. The summed E-state index contributed by atoms with van der Waals surface area (Å²) in [6.45, 7) is 11.3. The number of nitrogens with zero attached hydrogens (tertiary/aromatic N) is 2. The maximum Gasteiger partial charge on any atom is 0.246 e. The SMILES string of the molecule is CC(C)CC(NC(=O)[C@H](Cc1ccccc1)N1C(=O)C(NC(=O)[C@H](CCc2ccccc2)NC(=O)CCCCCN2CCCCC2)CC1C)C(=O)C1(C)CO1. The molecule has 6 atom stereocenters. The maximum absolute atomic E-state index is 14.2. The molecule has 11 nitrogen and oxygen atoms in total. The number of benzene rings is 2. The van der Waals surface area contributed by atoms with Gasteiger partial charge in [-0.1, -0.05) is 87.4 Å². The van der Waals surface area contributed by atoms with E-state index in [0.29, 0.717) is 38.7 Å². The van der Waals surface area contributed by atoms with E-state index in [1.165, 1.54) is 19.3 Å². The first-order valence-electron chi connectivity index (χ1n) is 20.6. The predicted molar refractivity (Wildman–Crippen MR) is 213 cm³/mol. The summed E-state index contributed by atoms with van der Waals surface area (Å²) in [7, 11) is 0. The van der Waals surface area contributed by atoms with E-state index >= 15 is 0 Å². The van der Waals surface area contributed by atoms with Crippen LogP contribution in [0.5, 0.6) is 0 Å². The van der Waals surface area contributed by atoms with Crippen molar-refractivity contribution in [3.8, 4) is 0 Å². The van der Waals surface area contributed by atoms with Crippen LogP contribution in [0.1, 0.15) is 103 Å². The summed E-state index contributed by atoms with van der Waals surface area (Å²) in [6.07, 6.45) is 8.88. The van der Waals surface area contributed by atoms with Gasteiger partial charge in [0.15, 0.2) is 5.78 Å². The topological polar surface area (TPSA) is 140 Å². The van der Waals surface area contributed by atoms with Crippen LogP contribution >= 0.6 is 0 Å². The zero-order valence-corrected chi connectivity index (χ0v) is 33.4. The number of unbranched alkanes of at least 4 members (excludes halogenated alkanes) is 2. The number of carbonyl (C=O) groups excluding carboxylic acids is 5. The summed E-state index contributed by atoms with van der Waals surface area (Å²) < 4.78 is 5.45. The Bertz CT molecular complexity index is 1580. The molecule has 0 saturated carbocycles. The Kier molecular flexibility index (Phi) is 15.4. The van der Waals surface area contributed by atoms with Crippen LogP contribution < -0.4 is 16.0 Å².